The predicted octanol–water partition coefficient (Wildman–Crippen LogP) is 0.663. The third-order valence-electron chi connectivity index (χ3n) is 5.28. The molecular formula is C18H23N5O5S. The molecule has 0 aliphatic carbocycles. The van der Waals surface area contributed by atoms with Crippen molar-refractivity contribution < 1.29 is 22.7 Å². The molecule has 3 heterocycles. The zero-order valence-electron chi connectivity index (χ0n) is 16.3. The summed E-state index contributed by atoms with van der Waals surface area (Å²) < 4.78 is 39.2. The van der Waals surface area contributed by atoms with Crippen LogP contribution in [0.15, 0.2) is 29.3 Å². The van der Waals surface area contributed by atoms with Crippen LogP contribution in [-0.2, 0) is 21.4 Å². The number of carbonyl (C=O) groups excluding carboxylic acids is 1. The Bertz CT molecular complexity index is 1020. The third kappa shape index (κ3) is 3.67. The Morgan fingerprint density at radius 3 is 2.59 bits per heavy atom. The highest BCUT2D eigenvalue weighted by Crippen LogP contribution is 2.33. The van der Waals surface area contributed by atoms with Gasteiger partial charge in [0.05, 0.1) is 37.9 Å². The van der Waals surface area contributed by atoms with E-state index in [0.717, 1.165) is 13.0 Å². The molecule has 10 nitrogen and oxygen atoms in total. The fourth-order valence-electron chi connectivity index (χ4n) is 3.54. The summed E-state index contributed by atoms with van der Waals surface area (Å²) in [5.41, 5.74) is 0.710. The number of methoxy groups -OCH3 is 2. The summed E-state index contributed by atoms with van der Waals surface area (Å²) in [6.07, 6.45) is 3.24. The van der Waals surface area contributed by atoms with Crippen LogP contribution >= 0.6 is 0 Å². The number of ether oxygens (including phenoxy) is 2. The zero-order chi connectivity index (χ0) is 20.6. The van der Waals surface area contributed by atoms with Crippen molar-refractivity contribution in [3.05, 3.63) is 30.1 Å². The Morgan fingerprint density at radius 2 is 1.93 bits per heavy atom. The summed E-state index contributed by atoms with van der Waals surface area (Å²) in [6.45, 7) is 1.80. The number of nitrogens with zero attached hydrogens (tertiary/aromatic N) is 5. The molecule has 1 aromatic carbocycles. The van der Waals surface area contributed by atoms with E-state index in [1.165, 1.54) is 30.7 Å². The van der Waals surface area contributed by atoms with Gasteiger partial charge in [-0.15, -0.1) is 5.10 Å². The molecule has 2 fully saturated rings. The predicted molar refractivity (Wildman–Crippen MR) is 102 cm³/mol. The monoisotopic (exact) mass is 421 g/mol. The number of benzene rings is 1. The van der Waals surface area contributed by atoms with Crippen molar-refractivity contribution in [2.45, 2.75) is 30.3 Å². The number of hydrogen-bond donors (Lipinski definition) is 0. The van der Waals surface area contributed by atoms with Gasteiger partial charge in [-0.1, -0.05) is 5.21 Å². The van der Waals surface area contributed by atoms with Crippen molar-refractivity contribution in [1.82, 2.24) is 24.2 Å². The summed E-state index contributed by atoms with van der Waals surface area (Å²) in [7, 11) is -0.674. The first kappa shape index (κ1) is 19.6. The Morgan fingerprint density at radius 1 is 1.17 bits per heavy atom. The van der Waals surface area contributed by atoms with E-state index in [9.17, 15) is 13.2 Å². The van der Waals surface area contributed by atoms with Gasteiger partial charge in [-0.3, -0.25) is 4.79 Å². The fraction of sp³-hybridized carbons (Fsp3) is 0.500. The minimum Gasteiger partial charge on any atom is -0.493 e. The number of aromatic nitrogens is 3. The Labute approximate surface area is 169 Å². The second-order valence-electron chi connectivity index (χ2n) is 7.10. The molecule has 2 saturated heterocycles. The molecule has 29 heavy (non-hydrogen) atoms. The summed E-state index contributed by atoms with van der Waals surface area (Å²) in [6, 6.07) is 4.46. The maximum absolute atomic E-state index is 12.9. The van der Waals surface area contributed by atoms with Gasteiger partial charge in [0.1, 0.15) is 5.69 Å². The Balaban J connectivity index is 1.41. The molecule has 0 bridgehead atoms. The number of rotatable bonds is 7. The molecule has 0 spiro atoms. The van der Waals surface area contributed by atoms with Crippen LogP contribution in [0.25, 0.3) is 0 Å². The molecule has 1 amide bonds. The van der Waals surface area contributed by atoms with E-state index in [2.05, 4.69) is 10.3 Å². The lowest BCUT2D eigenvalue weighted by Crippen LogP contribution is -2.50. The van der Waals surface area contributed by atoms with Gasteiger partial charge in [0.2, 0.25) is 15.9 Å². The minimum atomic E-state index is -3.64. The van der Waals surface area contributed by atoms with Crippen LogP contribution in [0.1, 0.15) is 24.6 Å². The van der Waals surface area contributed by atoms with Crippen LogP contribution in [0.2, 0.25) is 0 Å². The molecule has 1 aromatic heterocycles. The maximum atomic E-state index is 12.9. The van der Waals surface area contributed by atoms with Crippen molar-refractivity contribution in [3.8, 4) is 11.5 Å². The van der Waals surface area contributed by atoms with Crippen molar-refractivity contribution in [2.24, 2.45) is 0 Å². The van der Waals surface area contributed by atoms with E-state index in [0.29, 0.717) is 43.2 Å². The van der Waals surface area contributed by atoms with Gasteiger partial charge in [-0.05, 0) is 18.6 Å². The smallest absolute Gasteiger partial charge is 0.243 e. The van der Waals surface area contributed by atoms with Crippen molar-refractivity contribution in [3.63, 3.8) is 0 Å². The first-order valence-corrected chi connectivity index (χ1v) is 10.8. The second kappa shape index (κ2) is 7.64. The van der Waals surface area contributed by atoms with Crippen LogP contribution in [0.5, 0.6) is 11.5 Å². The standard InChI is InChI=1S/C18H23N5O5S/c1-27-16-6-5-15(8-17(16)28-2)29(25,26)22-11-14(12-22)23-10-13(19-20-23)9-21-7-3-4-18(21)24/h5-6,8,10,14H,3-4,7,9,11-12H2,1-2H3. The van der Waals surface area contributed by atoms with Gasteiger partial charge >= 0.3 is 0 Å². The van der Waals surface area contributed by atoms with Crippen LogP contribution in [0.3, 0.4) is 0 Å². The normalized spacial score (nSPS) is 18.1. The zero-order valence-corrected chi connectivity index (χ0v) is 17.1. The molecule has 2 aromatic rings. The highest BCUT2D eigenvalue weighted by Gasteiger charge is 2.38. The van der Waals surface area contributed by atoms with Gasteiger partial charge in [0, 0.05) is 32.1 Å². The van der Waals surface area contributed by atoms with Crippen LogP contribution in [0.4, 0.5) is 0 Å². The Kier molecular flexibility index (Phi) is 5.17. The summed E-state index contributed by atoms with van der Waals surface area (Å²) in [5, 5.41) is 8.24. The number of amides is 1. The molecule has 0 unspecified atom stereocenters. The van der Waals surface area contributed by atoms with E-state index in [-0.39, 0.29) is 16.8 Å². The number of carbonyl (C=O) groups is 1. The average Bonchev–Trinajstić information content (AvgIpc) is 3.29. The van der Waals surface area contributed by atoms with Crippen molar-refractivity contribution >= 4 is 15.9 Å². The molecule has 2 aliphatic heterocycles. The van der Waals surface area contributed by atoms with Crippen molar-refractivity contribution in [1.29, 1.82) is 0 Å². The number of likely N-dealkylation sites (tertiary alicyclic amines) is 1. The first-order chi connectivity index (χ1) is 13.9. The van der Waals surface area contributed by atoms with Gasteiger partial charge < -0.3 is 14.4 Å². The van der Waals surface area contributed by atoms with E-state index in [1.54, 1.807) is 21.8 Å². The molecule has 0 radical (unpaired) electrons. The van der Waals surface area contributed by atoms with Crippen LogP contribution < -0.4 is 9.47 Å². The largest absolute Gasteiger partial charge is 0.493 e. The molecule has 0 atom stereocenters. The van der Waals surface area contributed by atoms with Gasteiger partial charge in [-0.2, -0.15) is 4.31 Å². The van der Waals surface area contributed by atoms with E-state index >= 15 is 0 Å². The number of hydrogen-bond acceptors (Lipinski definition) is 7. The van der Waals surface area contributed by atoms with Gasteiger partial charge in [-0.25, -0.2) is 13.1 Å². The highest BCUT2D eigenvalue weighted by atomic mass is 32.2. The topological polar surface area (TPSA) is 107 Å². The first-order valence-electron chi connectivity index (χ1n) is 9.33. The van der Waals surface area contributed by atoms with E-state index < -0.39 is 10.0 Å². The molecule has 0 N–H and O–H groups in total. The molecule has 11 heteroatoms. The van der Waals surface area contributed by atoms with E-state index in [1.807, 2.05) is 0 Å². The molecule has 156 valence electrons. The molecule has 0 saturated carbocycles. The molecule has 2 aliphatic rings. The van der Waals surface area contributed by atoms with E-state index in [4.69, 9.17) is 9.47 Å². The SMILES string of the molecule is COc1ccc(S(=O)(=O)N2CC(n3cc(CN4CCCC4=O)nn3)C2)cc1OC. The third-order valence-corrected chi connectivity index (χ3v) is 7.11. The second-order valence-corrected chi connectivity index (χ2v) is 9.04. The average molecular weight is 421 g/mol. The quantitative estimate of drug-likeness (QED) is 0.646. The summed E-state index contributed by atoms with van der Waals surface area (Å²) in [5.74, 6) is 0.970. The lowest BCUT2D eigenvalue weighted by Gasteiger charge is -2.37. The summed E-state index contributed by atoms with van der Waals surface area (Å²) in [4.78, 5) is 13.7. The molecular weight excluding hydrogens is 398 g/mol. The van der Waals surface area contributed by atoms with Crippen molar-refractivity contribution in [2.75, 3.05) is 33.9 Å². The summed E-state index contributed by atoms with van der Waals surface area (Å²) >= 11 is 0. The number of sulfonamides is 1. The maximum Gasteiger partial charge on any atom is 0.243 e. The molecule has 4 rings (SSSR count). The minimum absolute atomic E-state index is 0.0829. The van der Waals surface area contributed by atoms with Gasteiger partial charge in [0.25, 0.3) is 0 Å². The Hall–Kier alpha value is -2.66. The van der Waals surface area contributed by atoms with Crippen LogP contribution in [-0.4, -0.2) is 72.4 Å². The van der Waals surface area contributed by atoms with Crippen LogP contribution in [0, 0.1) is 0 Å². The lowest BCUT2D eigenvalue weighted by atomic mass is 10.2. The highest BCUT2D eigenvalue weighted by molar-refractivity contribution is 7.89. The fourth-order valence-corrected chi connectivity index (χ4v) is 5.07. The lowest BCUT2D eigenvalue weighted by molar-refractivity contribution is -0.128. The van der Waals surface area contributed by atoms with Gasteiger partial charge in [0.15, 0.2) is 11.5 Å².